The van der Waals surface area contributed by atoms with E-state index in [2.05, 4.69) is 15.3 Å². The maximum absolute atomic E-state index is 11.2. The number of rotatable bonds is 3. The van der Waals surface area contributed by atoms with Crippen molar-refractivity contribution in [2.45, 2.75) is 25.7 Å². The Bertz CT molecular complexity index is 885. The molecule has 2 aromatic heterocycles. The summed E-state index contributed by atoms with van der Waals surface area (Å²) in [6.45, 7) is 0. The highest BCUT2D eigenvalue weighted by Gasteiger charge is 2.19. The van der Waals surface area contributed by atoms with E-state index in [0.29, 0.717) is 5.56 Å². The van der Waals surface area contributed by atoms with Crippen LogP contribution in [-0.2, 0) is 12.8 Å². The van der Waals surface area contributed by atoms with Gasteiger partial charge >= 0.3 is 0 Å². The molecule has 3 N–H and O–H groups in total. The van der Waals surface area contributed by atoms with Crippen LogP contribution in [0.3, 0.4) is 0 Å². The summed E-state index contributed by atoms with van der Waals surface area (Å²) in [5, 5.41) is 4.50. The fourth-order valence-corrected chi connectivity index (χ4v) is 4.27. The second-order valence-electron chi connectivity index (χ2n) is 5.68. The number of fused-ring (bicyclic) bond motifs is 3. The molecule has 2 heterocycles. The van der Waals surface area contributed by atoms with Crippen LogP contribution in [0.1, 0.15) is 33.6 Å². The van der Waals surface area contributed by atoms with Gasteiger partial charge in [-0.1, -0.05) is 0 Å². The molecule has 1 aliphatic rings. The number of nitrogens with zero attached hydrogens (tertiary/aromatic N) is 2. The number of carbonyl (C=O) groups excluding carboxylic acids is 1. The number of aromatic nitrogens is 2. The van der Waals surface area contributed by atoms with Gasteiger partial charge in [0.05, 0.1) is 5.39 Å². The number of aryl methyl sites for hydroxylation is 2. The highest BCUT2D eigenvalue weighted by molar-refractivity contribution is 7.19. The lowest BCUT2D eigenvalue weighted by molar-refractivity contribution is 0.100. The third-order valence-electron chi connectivity index (χ3n) is 4.18. The minimum Gasteiger partial charge on any atom is -0.366 e. The largest absolute Gasteiger partial charge is 0.366 e. The highest BCUT2D eigenvalue weighted by atomic mass is 32.1. The van der Waals surface area contributed by atoms with Gasteiger partial charge in [0.25, 0.3) is 0 Å². The van der Waals surface area contributed by atoms with E-state index in [1.165, 1.54) is 23.3 Å². The summed E-state index contributed by atoms with van der Waals surface area (Å²) in [5.74, 6) is 0.411. The fourth-order valence-electron chi connectivity index (χ4n) is 3.04. The quantitative estimate of drug-likeness (QED) is 0.773. The van der Waals surface area contributed by atoms with Crippen molar-refractivity contribution in [3.8, 4) is 0 Å². The van der Waals surface area contributed by atoms with Gasteiger partial charge in [0.15, 0.2) is 0 Å². The molecule has 1 aliphatic carbocycles. The highest BCUT2D eigenvalue weighted by Crippen LogP contribution is 2.38. The molecule has 0 spiro atoms. The molecule has 0 atom stereocenters. The van der Waals surface area contributed by atoms with E-state index in [0.717, 1.165) is 34.6 Å². The van der Waals surface area contributed by atoms with Gasteiger partial charge in [-0.25, -0.2) is 9.97 Å². The van der Waals surface area contributed by atoms with E-state index < -0.39 is 5.91 Å². The van der Waals surface area contributed by atoms with Gasteiger partial charge in [-0.2, -0.15) is 0 Å². The first-order valence-corrected chi connectivity index (χ1v) is 8.46. The first-order valence-electron chi connectivity index (χ1n) is 7.64. The molecule has 5 nitrogen and oxygen atoms in total. The first kappa shape index (κ1) is 14.1. The molecule has 0 radical (unpaired) electrons. The molecule has 6 heteroatoms. The maximum Gasteiger partial charge on any atom is 0.248 e. The molecule has 4 rings (SSSR count). The average molecular weight is 324 g/mol. The third-order valence-corrected chi connectivity index (χ3v) is 5.38. The molecule has 116 valence electrons. The predicted molar refractivity (Wildman–Crippen MR) is 92.3 cm³/mol. The Kier molecular flexibility index (Phi) is 3.46. The van der Waals surface area contributed by atoms with Crippen LogP contribution in [-0.4, -0.2) is 15.9 Å². The topological polar surface area (TPSA) is 80.9 Å². The number of thiophene rings is 1. The van der Waals surface area contributed by atoms with Gasteiger partial charge in [-0.05, 0) is 55.5 Å². The van der Waals surface area contributed by atoms with Crippen LogP contribution in [0.15, 0.2) is 30.6 Å². The summed E-state index contributed by atoms with van der Waals surface area (Å²) >= 11 is 1.78. The van der Waals surface area contributed by atoms with Crippen molar-refractivity contribution in [1.29, 1.82) is 0 Å². The number of benzene rings is 1. The van der Waals surface area contributed by atoms with Crippen LogP contribution < -0.4 is 11.1 Å². The Morgan fingerprint density at radius 1 is 1.13 bits per heavy atom. The normalized spacial score (nSPS) is 13.7. The second kappa shape index (κ2) is 5.62. The number of hydrogen-bond acceptors (Lipinski definition) is 5. The average Bonchev–Trinajstić information content (AvgIpc) is 2.95. The molecule has 0 fully saturated rings. The smallest absolute Gasteiger partial charge is 0.248 e. The molecular weight excluding hydrogens is 308 g/mol. The summed E-state index contributed by atoms with van der Waals surface area (Å²) < 4.78 is 0. The number of hydrogen-bond donors (Lipinski definition) is 2. The molecule has 1 amide bonds. The van der Waals surface area contributed by atoms with Gasteiger partial charge in [0.1, 0.15) is 17.0 Å². The van der Waals surface area contributed by atoms with E-state index >= 15 is 0 Å². The third kappa shape index (κ3) is 2.55. The van der Waals surface area contributed by atoms with Crippen molar-refractivity contribution < 1.29 is 4.79 Å². The van der Waals surface area contributed by atoms with Crippen LogP contribution in [0, 0.1) is 0 Å². The SMILES string of the molecule is NC(=O)c1ccc(Nc2ncnc3sc4c(c23)CCCC4)cc1. The molecule has 0 saturated carbocycles. The van der Waals surface area contributed by atoms with E-state index in [1.54, 1.807) is 29.8 Å². The second-order valence-corrected chi connectivity index (χ2v) is 6.76. The zero-order chi connectivity index (χ0) is 15.8. The summed E-state index contributed by atoms with van der Waals surface area (Å²) in [6, 6.07) is 7.11. The minimum absolute atomic E-state index is 0.423. The van der Waals surface area contributed by atoms with Crippen molar-refractivity contribution >= 4 is 39.0 Å². The lowest BCUT2D eigenvalue weighted by Gasteiger charge is -2.12. The molecule has 3 aromatic rings. The molecular formula is C17H16N4OS. The number of amides is 1. The van der Waals surface area contributed by atoms with Gasteiger partial charge < -0.3 is 11.1 Å². The van der Waals surface area contributed by atoms with Crippen LogP contribution in [0.4, 0.5) is 11.5 Å². The van der Waals surface area contributed by atoms with Gasteiger partial charge in [-0.3, -0.25) is 4.79 Å². The van der Waals surface area contributed by atoms with Crippen molar-refractivity contribution in [2.24, 2.45) is 5.73 Å². The zero-order valence-electron chi connectivity index (χ0n) is 12.5. The van der Waals surface area contributed by atoms with Gasteiger partial charge in [0.2, 0.25) is 5.91 Å². The van der Waals surface area contributed by atoms with Crippen LogP contribution in [0.2, 0.25) is 0 Å². The Balaban J connectivity index is 1.74. The molecule has 0 bridgehead atoms. The first-order chi connectivity index (χ1) is 11.2. The molecule has 0 saturated heterocycles. The standard InChI is InChI=1S/C17H16N4OS/c18-15(22)10-5-7-11(8-6-10)21-16-14-12-3-1-2-4-13(12)23-17(14)20-9-19-16/h5-9H,1-4H2,(H2,18,22)(H,19,20,21). The van der Waals surface area contributed by atoms with Crippen molar-refractivity contribution in [2.75, 3.05) is 5.32 Å². The summed E-state index contributed by atoms with van der Waals surface area (Å²) in [5.41, 5.74) is 8.05. The summed E-state index contributed by atoms with van der Waals surface area (Å²) in [7, 11) is 0. The number of anilines is 2. The van der Waals surface area contributed by atoms with E-state index in [-0.39, 0.29) is 0 Å². The van der Waals surface area contributed by atoms with E-state index in [9.17, 15) is 4.79 Å². The summed E-state index contributed by atoms with van der Waals surface area (Å²) in [4.78, 5) is 22.5. The Hall–Kier alpha value is -2.47. The van der Waals surface area contributed by atoms with Crippen molar-refractivity contribution in [3.05, 3.63) is 46.6 Å². The lowest BCUT2D eigenvalue weighted by atomic mass is 9.97. The number of nitrogens with two attached hydrogens (primary N) is 1. The number of nitrogens with one attached hydrogen (secondary N) is 1. The fraction of sp³-hybridized carbons (Fsp3) is 0.235. The van der Waals surface area contributed by atoms with Crippen molar-refractivity contribution in [1.82, 2.24) is 9.97 Å². The Labute approximate surface area is 137 Å². The molecule has 23 heavy (non-hydrogen) atoms. The van der Waals surface area contributed by atoms with Crippen LogP contribution in [0.25, 0.3) is 10.2 Å². The minimum atomic E-state index is -0.423. The monoisotopic (exact) mass is 324 g/mol. The van der Waals surface area contributed by atoms with Gasteiger partial charge in [-0.15, -0.1) is 11.3 Å². The molecule has 0 unspecified atom stereocenters. The maximum atomic E-state index is 11.2. The Morgan fingerprint density at radius 2 is 1.91 bits per heavy atom. The Morgan fingerprint density at radius 3 is 2.70 bits per heavy atom. The number of carbonyl (C=O) groups is 1. The van der Waals surface area contributed by atoms with Crippen molar-refractivity contribution in [3.63, 3.8) is 0 Å². The van der Waals surface area contributed by atoms with Crippen LogP contribution >= 0.6 is 11.3 Å². The lowest BCUT2D eigenvalue weighted by Crippen LogP contribution is -2.10. The van der Waals surface area contributed by atoms with Gasteiger partial charge in [0, 0.05) is 16.1 Å². The summed E-state index contributed by atoms with van der Waals surface area (Å²) in [6.07, 6.45) is 6.32. The predicted octanol–water partition coefficient (Wildman–Crippen LogP) is 3.41. The molecule has 1 aromatic carbocycles. The number of primary amides is 1. The van der Waals surface area contributed by atoms with E-state index in [1.807, 2.05) is 12.1 Å². The zero-order valence-corrected chi connectivity index (χ0v) is 13.3. The van der Waals surface area contributed by atoms with E-state index in [4.69, 9.17) is 5.73 Å². The molecule has 0 aliphatic heterocycles. The van der Waals surface area contributed by atoms with Crippen LogP contribution in [0.5, 0.6) is 0 Å².